The zero-order valence-electron chi connectivity index (χ0n) is 21.1. The van der Waals surface area contributed by atoms with Crippen LogP contribution in [-0.2, 0) is 5.41 Å². The van der Waals surface area contributed by atoms with Crippen LogP contribution in [0.4, 0.5) is 0 Å². The number of imidazole rings is 1. The van der Waals surface area contributed by atoms with E-state index in [4.69, 9.17) is 4.11 Å². The maximum atomic E-state index is 8.49. The molecule has 1 aliphatic heterocycles. The molecule has 3 aliphatic rings. The van der Waals surface area contributed by atoms with Crippen molar-refractivity contribution in [3.63, 3.8) is 0 Å². The molecule has 2 aliphatic carbocycles. The van der Waals surface area contributed by atoms with E-state index in [9.17, 15) is 0 Å². The minimum atomic E-state index is -2.19. The second kappa shape index (κ2) is 7.45. The van der Waals surface area contributed by atoms with Crippen molar-refractivity contribution in [3.05, 3.63) is 53.1 Å². The van der Waals surface area contributed by atoms with Gasteiger partial charge in [-0.3, -0.25) is 0 Å². The van der Waals surface area contributed by atoms with Crippen LogP contribution in [0, 0.1) is 32.5 Å². The molecule has 2 aromatic rings. The van der Waals surface area contributed by atoms with Crippen molar-refractivity contribution >= 4 is 6.20 Å². The lowest BCUT2D eigenvalue weighted by Crippen LogP contribution is -2.46. The number of allylic oxidation sites excluding steroid dienone is 1. The number of aromatic nitrogens is 2. The zero-order chi connectivity index (χ0) is 22.5. The van der Waals surface area contributed by atoms with Crippen molar-refractivity contribution in [2.75, 3.05) is 0 Å². The number of nitrogens with zero attached hydrogens (tertiary/aromatic N) is 2. The minimum Gasteiger partial charge on any atom is -0.203 e. The Morgan fingerprint density at radius 3 is 2.14 bits per heavy atom. The van der Waals surface area contributed by atoms with E-state index >= 15 is 0 Å². The average Bonchev–Trinajstić information content (AvgIpc) is 3.32. The highest BCUT2D eigenvalue weighted by Crippen LogP contribution is 2.53. The first-order valence-electron chi connectivity index (χ1n) is 13.3. The van der Waals surface area contributed by atoms with Crippen LogP contribution in [0.2, 0.25) is 0 Å². The van der Waals surface area contributed by atoms with E-state index in [1.807, 2.05) is 12.1 Å². The number of rotatable bonds is 3. The van der Waals surface area contributed by atoms with Gasteiger partial charge in [-0.1, -0.05) is 56.7 Å². The summed E-state index contributed by atoms with van der Waals surface area (Å²) in [6.07, 6.45) is 17.5. The van der Waals surface area contributed by atoms with Crippen molar-refractivity contribution in [1.82, 2.24) is 4.57 Å². The summed E-state index contributed by atoms with van der Waals surface area (Å²) in [4.78, 5) is 0. The number of hydrogen-bond acceptors (Lipinski definition) is 0. The summed E-state index contributed by atoms with van der Waals surface area (Å²) in [5.74, 6) is 1.66. The van der Waals surface area contributed by atoms with E-state index in [-0.39, 0.29) is 5.41 Å². The van der Waals surface area contributed by atoms with Crippen LogP contribution < -0.4 is 4.57 Å². The van der Waals surface area contributed by atoms with Gasteiger partial charge < -0.3 is 0 Å². The smallest absolute Gasteiger partial charge is 0.203 e. The largest absolute Gasteiger partial charge is 0.263 e. The highest BCUT2D eigenvalue weighted by molar-refractivity contribution is 5.47. The minimum absolute atomic E-state index is 0.0289. The first-order valence-corrected chi connectivity index (χ1v) is 11.8. The van der Waals surface area contributed by atoms with Crippen LogP contribution in [-0.4, -0.2) is 4.57 Å². The van der Waals surface area contributed by atoms with Crippen molar-refractivity contribution in [2.24, 2.45) is 11.8 Å². The topological polar surface area (TPSA) is 8.81 Å². The molecule has 0 amide bonds. The molecule has 5 rings (SSSR count). The van der Waals surface area contributed by atoms with E-state index < -0.39 is 6.85 Å². The predicted octanol–water partition coefficient (Wildman–Crippen LogP) is 6.57. The summed E-state index contributed by atoms with van der Waals surface area (Å²) in [7, 11) is 0. The fraction of sp³-hybridized carbons (Fsp3) is 0.593. The molecule has 0 N–H and O–H groups in total. The molecule has 2 heterocycles. The zero-order valence-corrected chi connectivity index (χ0v) is 18.1. The lowest BCUT2D eigenvalue weighted by atomic mass is 9.57. The van der Waals surface area contributed by atoms with Gasteiger partial charge in [-0.2, -0.15) is 4.57 Å². The Morgan fingerprint density at radius 1 is 0.931 bits per heavy atom. The van der Waals surface area contributed by atoms with Gasteiger partial charge in [-0.25, -0.2) is 4.57 Å². The van der Waals surface area contributed by atoms with Crippen LogP contribution in [0.3, 0.4) is 0 Å². The Kier molecular flexibility index (Phi) is 4.09. The molecule has 154 valence electrons. The average molecular weight is 393 g/mol. The quantitative estimate of drug-likeness (QED) is 0.522. The van der Waals surface area contributed by atoms with Gasteiger partial charge in [0.2, 0.25) is 0 Å². The second-order valence-corrected chi connectivity index (χ2v) is 9.67. The Hall–Kier alpha value is -1.83. The number of para-hydroxylation sites is 1. The standard InChI is InChI=1S/C27H37N2/c1-20-12-10-11-17-25(20)29-21(2)26-27(18-19-28(26)22(29)3,23-13-6-4-7-14-23)24-15-8-5-9-16-24/h10-12,17-19,23-24H,4-9,13-16H2,1-3H3/q+1/i3D3. The summed E-state index contributed by atoms with van der Waals surface area (Å²) in [6.45, 7) is 2.06. The predicted molar refractivity (Wildman–Crippen MR) is 120 cm³/mol. The first kappa shape index (κ1) is 15.9. The molecule has 1 aromatic carbocycles. The third-order valence-electron chi connectivity index (χ3n) is 8.19. The third-order valence-corrected chi connectivity index (χ3v) is 8.19. The van der Waals surface area contributed by atoms with Crippen LogP contribution in [0.5, 0.6) is 0 Å². The van der Waals surface area contributed by atoms with Crippen LogP contribution in [0.15, 0.2) is 30.3 Å². The molecule has 0 atom stereocenters. The van der Waals surface area contributed by atoms with Gasteiger partial charge in [0, 0.05) is 17.9 Å². The second-order valence-electron chi connectivity index (χ2n) is 9.67. The van der Waals surface area contributed by atoms with Gasteiger partial charge in [0.05, 0.1) is 11.6 Å². The molecule has 2 heteroatoms. The fourth-order valence-corrected chi connectivity index (χ4v) is 6.86. The van der Waals surface area contributed by atoms with E-state index in [0.29, 0.717) is 17.7 Å². The molecule has 1 aromatic heterocycles. The summed E-state index contributed by atoms with van der Waals surface area (Å²) < 4.78 is 29.6. The lowest BCUT2D eigenvalue weighted by molar-refractivity contribution is -0.582. The lowest BCUT2D eigenvalue weighted by Gasteiger charge is -2.44. The van der Waals surface area contributed by atoms with Crippen molar-refractivity contribution in [2.45, 2.75) is 90.3 Å². The number of fused-ring (bicyclic) bond motifs is 1. The van der Waals surface area contributed by atoms with E-state index in [1.54, 1.807) is 0 Å². The number of benzene rings is 1. The first-order chi connectivity index (χ1) is 15.4. The summed E-state index contributed by atoms with van der Waals surface area (Å²) >= 11 is 0. The Bertz CT molecular complexity index is 1000. The van der Waals surface area contributed by atoms with Crippen LogP contribution >= 0.6 is 0 Å². The fourth-order valence-electron chi connectivity index (χ4n) is 6.86. The van der Waals surface area contributed by atoms with Crippen molar-refractivity contribution in [1.29, 1.82) is 0 Å². The molecule has 29 heavy (non-hydrogen) atoms. The molecule has 0 radical (unpaired) electrons. The van der Waals surface area contributed by atoms with Gasteiger partial charge in [-0.15, -0.1) is 0 Å². The molecule has 2 saturated carbocycles. The van der Waals surface area contributed by atoms with Gasteiger partial charge in [0.25, 0.3) is 5.82 Å². The van der Waals surface area contributed by atoms with Crippen molar-refractivity contribution in [3.8, 4) is 5.69 Å². The molecule has 0 spiro atoms. The monoisotopic (exact) mass is 392 g/mol. The Balaban J connectivity index is 1.78. The van der Waals surface area contributed by atoms with Gasteiger partial charge in [-0.05, 0) is 62.1 Å². The summed E-state index contributed by atoms with van der Waals surface area (Å²) in [5, 5.41) is 0. The summed E-state index contributed by atoms with van der Waals surface area (Å²) in [5.41, 5.74) is 4.46. The van der Waals surface area contributed by atoms with E-state index in [2.05, 4.69) is 47.4 Å². The molecular weight excluding hydrogens is 352 g/mol. The summed E-state index contributed by atoms with van der Waals surface area (Å²) in [6, 6.07) is 8.20. The van der Waals surface area contributed by atoms with Gasteiger partial charge in [0.15, 0.2) is 5.69 Å². The highest BCUT2D eigenvalue weighted by atomic mass is 15.2. The third kappa shape index (κ3) is 2.86. The highest BCUT2D eigenvalue weighted by Gasteiger charge is 2.54. The molecule has 2 fully saturated rings. The molecule has 0 unspecified atom stereocenters. The van der Waals surface area contributed by atoms with Gasteiger partial charge in [0.1, 0.15) is 11.4 Å². The molecule has 2 nitrogen and oxygen atoms in total. The van der Waals surface area contributed by atoms with Crippen LogP contribution in [0.25, 0.3) is 11.9 Å². The Morgan fingerprint density at radius 2 is 1.55 bits per heavy atom. The molecule has 0 saturated heterocycles. The van der Waals surface area contributed by atoms with Gasteiger partial charge >= 0.3 is 0 Å². The maximum Gasteiger partial charge on any atom is 0.263 e. The van der Waals surface area contributed by atoms with Crippen LogP contribution in [0.1, 0.15) is 91.1 Å². The molecular formula is C27H37N2+. The number of aryl methyl sites for hydroxylation is 1. The van der Waals surface area contributed by atoms with E-state index in [1.165, 1.54) is 69.9 Å². The maximum absolute atomic E-state index is 8.49. The molecule has 0 bridgehead atoms. The van der Waals surface area contributed by atoms with E-state index in [0.717, 1.165) is 16.9 Å². The van der Waals surface area contributed by atoms with Crippen molar-refractivity contribution < 1.29 is 8.68 Å². The Labute approximate surface area is 180 Å². The SMILES string of the molecule is [2H]C([2H])([2H])c1n(-c2ccccc2C)c(C)c2[n+]1C=CC2(C1CCCCC1)C1CCCCC1. The number of hydrogen-bond donors (Lipinski definition) is 0. The normalized spacial score (nSPS) is 24.1.